The Morgan fingerprint density at radius 3 is 2.84 bits per heavy atom. The summed E-state index contributed by atoms with van der Waals surface area (Å²) < 4.78 is 14.0. The van der Waals surface area contributed by atoms with Crippen LogP contribution in [0.4, 0.5) is 0 Å². The van der Waals surface area contributed by atoms with Crippen LogP contribution >= 0.6 is 11.3 Å². The van der Waals surface area contributed by atoms with Gasteiger partial charge in [0.25, 0.3) is 0 Å². The molecule has 2 aromatic heterocycles. The standard InChI is InChI=1S/C26H32N2O3S/c1-2-12-31-23-16-19-5-3-6-21(19)24-25(23)28(9-4-8-27-10-13-30-14-11-27)17-22(26(24)29)20-7-15-32-18-20/h7,15-18H,2-6,8-14H2,1H3. The maximum absolute atomic E-state index is 13.8. The van der Waals surface area contributed by atoms with Crippen LogP contribution in [-0.4, -0.2) is 48.9 Å². The Hall–Kier alpha value is -2.15. The van der Waals surface area contributed by atoms with E-state index < -0.39 is 0 Å². The molecule has 0 bridgehead atoms. The molecule has 1 aromatic carbocycles. The minimum Gasteiger partial charge on any atom is -0.491 e. The Morgan fingerprint density at radius 2 is 2.06 bits per heavy atom. The number of pyridine rings is 1. The molecule has 5 rings (SSSR count). The maximum atomic E-state index is 13.8. The topological polar surface area (TPSA) is 43.7 Å². The molecule has 3 heterocycles. The highest BCUT2D eigenvalue weighted by Gasteiger charge is 2.24. The second kappa shape index (κ2) is 9.77. The third-order valence-corrected chi connectivity index (χ3v) is 7.34. The summed E-state index contributed by atoms with van der Waals surface area (Å²) in [6.07, 6.45) is 7.19. The molecule has 6 heteroatoms. The lowest BCUT2D eigenvalue weighted by Gasteiger charge is -2.27. The summed E-state index contributed by atoms with van der Waals surface area (Å²) in [6, 6.07) is 4.27. The maximum Gasteiger partial charge on any atom is 0.197 e. The van der Waals surface area contributed by atoms with Gasteiger partial charge in [-0.15, -0.1) is 0 Å². The molecule has 2 aliphatic rings. The van der Waals surface area contributed by atoms with Gasteiger partial charge in [-0.05, 0) is 71.7 Å². The predicted octanol–water partition coefficient (Wildman–Crippen LogP) is 4.73. The van der Waals surface area contributed by atoms with E-state index in [4.69, 9.17) is 9.47 Å². The highest BCUT2D eigenvalue weighted by Crippen LogP contribution is 2.36. The largest absolute Gasteiger partial charge is 0.491 e. The van der Waals surface area contributed by atoms with Gasteiger partial charge in [-0.3, -0.25) is 9.69 Å². The van der Waals surface area contributed by atoms with Gasteiger partial charge in [0.2, 0.25) is 0 Å². The monoisotopic (exact) mass is 452 g/mol. The SMILES string of the molecule is CCCOc1cc2c(c3c(=O)c(-c4ccsc4)cn(CCCN4CCOCC4)c13)CCC2. The lowest BCUT2D eigenvalue weighted by Crippen LogP contribution is -2.37. The van der Waals surface area contributed by atoms with E-state index in [-0.39, 0.29) is 5.43 Å². The fourth-order valence-electron chi connectivity index (χ4n) is 5.06. The van der Waals surface area contributed by atoms with Crippen molar-refractivity contribution in [2.75, 3.05) is 39.5 Å². The molecule has 0 radical (unpaired) electrons. The van der Waals surface area contributed by atoms with Crippen molar-refractivity contribution < 1.29 is 9.47 Å². The van der Waals surface area contributed by atoms with Crippen LogP contribution in [0.2, 0.25) is 0 Å². The molecule has 1 aliphatic carbocycles. The highest BCUT2D eigenvalue weighted by molar-refractivity contribution is 7.08. The number of aromatic nitrogens is 1. The van der Waals surface area contributed by atoms with Crippen molar-refractivity contribution in [2.45, 2.75) is 45.6 Å². The molecule has 1 fully saturated rings. The minimum absolute atomic E-state index is 0.155. The van der Waals surface area contributed by atoms with Crippen LogP contribution in [0.15, 0.2) is 33.9 Å². The van der Waals surface area contributed by atoms with E-state index in [2.05, 4.69) is 40.1 Å². The first-order valence-corrected chi connectivity index (χ1v) is 12.9. The number of nitrogens with zero attached hydrogens (tertiary/aromatic N) is 2. The van der Waals surface area contributed by atoms with Crippen LogP contribution < -0.4 is 10.2 Å². The Balaban J connectivity index is 1.60. The smallest absolute Gasteiger partial charge is 0.197 e. The van der Waals surface area contributed by atoms with E-state index in [1.54, 1.807) is 11.3 Å². The summed E-state index contributed by atoms with van der Waals surface area (Å²) in [7, 11) is 0. The van der Waals surface area contributed by atoms with Crippen molar-refractivity contribution in [2.24, 2.45) is 0 Å². The van der Waals surface area contributed by atoms with Crippen molar-refractivity contribution in [1.29, 1.82) is 0 Å². The first-order chi connectivity index (χ1) is 15.8. The average molecular weight is 453 g/mol. The number of benzene rings is 1. The zero-order chi connectivity index (χ0) is 21.9. The summed E-state index contributed by atoms with van der Waals surface area (Å²) in [5.74, 6) is 0.878. The van der Waals surface area contributed by atoms with E-state index in [1.165, 1.54) is 11.1 Å². The molecule has 0 amide bonds. The van der Waals surface area contributed by atoms with Crippen LogP contribution in [0.1, 0.15) is 37.3 Å². The molecule has 1 aliphatic heterocycles. The molecule has 0 N–H and O–H groups in total. The Kier molecular flexibility index (Phi) is 6.62. The van der Waals surface area contributed by atoms with Gasteiger partial charge in [0.1, 0.15) is 5.75 Å². The minimum atomic E-state index is 0.155. The van der Waals surface area contributed by atoms with Gasteiger partial charge in [0.05, 0.1) is 30.7 Å². The first-order valence-electron chi connectivity index (χ1n) is 11.9. The molecule has 1 saturated heterocycles. The third kappa shape index (κ3) is 4.24. The van der Waals surface area contributed by atoms with Crippen molar-refractivity contribution >= 4 is 22.2 Å². The van der Waals surface area contributed by atoms with Gasteiger partial charge in [-0.25, -0.2) is 0 Å². The Bertz CT molecular complexity index is 1130. The zero-order valence-electron chi connectivity index (χ0n) is 18.9. The van der Waals surface area contributed by atoms with E-state index in [0.29, 0.717) is 6.61 Å². The number of rotatable bonds is 8. The number of fused-ring (bicyclic) bond motifs is 3. The van der Waals surface area contributed by atoms with E-state index in [9.17, 15) is 4.79 Å². The Labute approximate surface area is 193 Å². The van der Waals surface area contributed by atoms with Crippen LogP contribution in [0.25, 0.3) is 22.0 Å². The van der Waals surface area contributed by atoms with Gasteiger partial charge >= 0.3 is 0 Å². The summed E-state index contributed by atoms with van der Waals surface area (Å²) in [6.45, 7) is 8.36. The summed E-state index contributed by atoms with van der Waals surface area (Å²) in [4.78, 5) is 16.3. The molecule has 5 nitrogen and oxygen atoms in total. The molecule has 0 atom stereocenters. The normalized spacial score (nSPS) is 16.5. The second-order valence-electron chi connectivity index (χ2n) is 8.82. The van der Waals surface area contributed by atoms with E-state index >= 15 is 0 Å². The second-order valence-corrected chi connectivity index (χ2v) is 9.60. The van der Waals surface area contributed by atoms with Crippen molar-refractivity contribution in [1.82, 2.24) is 9.47 Å². The zero-order valence-corrected chi connectivity index (χ0v) is 19.7. The summed E-state index contributed by atoms with van der Waals surface area (Å²) >= 11 is 1.64. The van der Waals surface area contributed by atoms with Gasteiger partial charge in [0, 0.05) is 37.9 Å². The Morgan fingerprint density at radius 1 is 1.19 bits per heavy atom. The van der Waals surface area contributed by atoms with Gasteiger partial charge < -0.3 is 14.0 Å². The molecular weight excluding hydrogens is 420 g/mol. The molecule has 32 heavy (non-hydrogen) atoms. The number of ether oxygens (including phenoxy) is 2. The van der Waals surface area contributed by atoms with Crippen LogP contribution in [-0.2, 0) is 24.1 Å². The number of aryl methyl sites for hydroxylation is 3. The predicted molar refractivity (Wildman–Crippen MR) is 131 cm³/mol. The summed E-state index contributed by atoms with van der Waals surface area (Å²) in [5.41, 5.74) is 5.52. The lowest BCUT2D eigenvalue weighted by molar-refractivity contribution is 0.0369. The molecule has 0 unspecified atom stereocenters. The highest BCUT2D eigenvalue weighted by atomic mass is 32.1. The van der Waals surface area contributed by atoms with Gasteiger partial charge in [-0.2, -0.15) is 11.3 Å². The number of hydrogen-bond acceptors (Lipinski definition) is 5. The first kappa shape index (κ1) is 21.7. The molecule has 0 spiro atoms. The van der Waals surface area contributed by atoms with Crippen molar-refractivity contribution in [3.63, 3.8) is 0 Å². The number of thiophene rings is 1. The number of morpholine rings is 1. The number of hydrogen-bond donors (Lipinski definition) is 0. The van der Waals surface area contributed by atoms with Gasteiger partial charge in [0.15, 0.2) is 5.43 Å². The molecule has 0 saturated carbocycles. The molecule has 170 valence electrons. The van der Waals surface area contributed by atoms with E-state index in [0.717, 1.165) is 99.3 Å². The average Bonchev–Trinajstić information content (AvgIpc) is 3.51. The summed E-state index contributed by atoms with van der Waals surface area (Å²) in [5, 5.41) is 5.02. The fourth-order valence-corrected chi connectivity index (χ4v) is 5.72. The van der Waals surface area contributed by atoms with Crippen LogP contribution in [0.3, 0.4) is 0 Å². The van der Waals surface area contributed by atoms with Crippen molar-refractivity contribution in [3.8, 4) is 16.9 Å². The quantitative estimate of drug-likeness (QED) is 0.496. The fraction of sp³-hybridized carbons (Fsp3) is 0.500. The lowest BCUT2D eigenvalue weighted by atomic mass is 9.99. The van der Waals surface area contributed by atoms with Gasteiger partial charge in [-0.1, -0.05) is 6.92 Å². The van der Waals surface area contributed by atoms with Crippen molar-refractivity contribution in [3.05, 3.63) is 50.4 Å². The van der Waals surface area contributed by atoms with Crippen LogP contribution in [0.5, 0.6) is 5.75 Å². The van der Waals surface area contributed by atoms with E-state index in [1.807, 2.05) is 5.38 Å². The molecule has 3 aromatic rings. The van der Waals surface area contributed by atoms with Crippen LogP contribution in [0, 0.1) is 0 Å². The third-order valence-electron chi connectivity index (χ3n) is 6.65. The molecular formula is C26H32N2O3S.